The minimum atomic E-state index is -0.116. The molecular weight excluding hydrogens is 429 g/mol. The van der Waals surface area contributed by atoms with Gasteiger partial charge in [0.2, 0.25) is 5.91 Å². The van der Waals surface area contributed by atoms with Crippen LogP contribution in [0.2, 0.25) is 0 Å². The molecule has 0 saturated carbocycles. The molecule has 0 aromatic heterocycles. The summed E-state index contributed by atoms with van der Waals surface area (Å²) in [7, 11) is 0. The van der Waals surface area contributed by atoms with Crippen LogP contribution < -0.4 is 16.0 Å². The van der Waals surface area contributed by atoms with Crippen LogP contribution in [-0.2, 0) is 4.79 Å². The van der Waals surface area contributed by atoms with Gasteiger partial charge in [-0.1, -0.05) is 25.1 Å². The van der Waals surface area contributed by atoms with Gasteiger partial charge in [-0.15, -0.1) is 24.0 Å². The highest BCUT2D eigenvalue weighted by Gasteiger charge is 2.22. The van der Waals surface area contributed by atoms with Gasteiger partial charge in [0.1, 0.15) is 6.54 Å². The molecule has 1 fully saturated rings. The zero-order valence-corrected chi connectivity index (χ0v) is 17.5. The first kappa shape index (κ1) is 21.7. The number of halogens is 1. The lowest BCUT2D eigenvalue weighted by molar-refractivity contribution is -0.114. The van der Waals surface area contributed by atoms with Gasteiger partial charge < -0.3 is 16.0 Å². The van der Waals surface area contributed by atoms with Crippen molar-refractivity contribution in [1.29, 1.82) is 0 Å². The Morgan fingerprint density at radius 3 is 2.68 bits per heavy atom. The number of aliphatic imine (C=N–C) groups is 1. The predicted octanol–water partition coefficient (Wildman–Crippen LogP) is 2.28. The van der Waals surface area contributed by atoms with Gasteiger partial charge in [0.15, 0.2) is 5.96 Å². The first-order valence-electron chi connectivity index (χ1n) is 8.84. The van der Waals surface area contributed by atoms with Crippen LogP contribution in [-0.4, -0.2) is 55.5 Å². The fourth-order valence-corrected chi connectivity index (χ4v) is 2.97. The molecule has 6 nitrogen and oxygen atoms in total. The second kappa shape index (κ2) is 12.1. The van der Waals surface area contributed by atoms with E-state index in [1.807, 2.05) is 37.3 Å². The monoisotopic (exact) mass is 459 g/mol. The van der Waals surface area contributed by atoms with E-state index in [9.17, 15) is 4.79 Å². The molecule has 0 radical (unpaired) electrons. The summed E-state index contributed by atoms with van der Waals surface area (Å²) in [6.45, 7) is 8.22. The largest absolute Gasteiger partial charge is 0.357 e. The van der Waals surface area contributed by atoms with Crippen LogP contribution >= 0.6 is 24.0 Å². The number of carbonyl (C=O) groups is 1. The molecule has 1 aromatic carbocycles. The van der Waals surface area contributed by atoms with Crippen molar-refractivity contribution in [3.8, 4) is 0 Å². The number of hydrogen-bond acceptors (Lipinski definition) is 3. The molecule has 1 aliphatic heterocycles. The Balaban J connectivity index is 0.00000312. The molecule has 2 rings (SSSR count). The quantitative estimate of drug-likeness (QED) is 0.333. The highest BCUT2D eigenvalue weighted by atomic mass is 127. The smallest absolute Gasteiger partial charge is 0.246 e. The minimum absolute atomic E-state index is 0. The summed E-state index contributed by atoms with van der Waals surface area (Å²) >= 11 is 0. The molecule has 140 valence electrons. The first-order valence-corrected chi connectivity index (χ1v) is 8.84. The van der Waals surface area contributed by atoms with E-state index in [2.05, 4.69) is 32.8 Å². The van der Waals surface area contributed by atoms with Gasteiger partial charge in [0, 0.05) is 24.8 Å². The van der Waals surface area contributed by atoms with E-state index in [0.717, 1.165) is 25.3 Å². The number of benzene rings is 1. The molecule has 0 spiro atoms. The van der Waals surface area contributed by atoms with Crippen LogP contribution in [0.15, 0.2) is 35.3 Å². The zero-order chi connectivity index (χ0) is 17.2. The van der Waals surface area contributed by atoms with Crippen molar-refractivity contribution in [3.63, 3.8) is 0 Å². The third-order valence-electron chi connectivity index (χ3n) is 4.19. The number of nitrogens with zero attached hydrogens (tertiary/aromatic N) is 2. The second-order valence-corrected chi connectivity index (χ2v) is 5.91. The van der Waals surface area contributed by atoms with Gasteiger partial charge in [-0.2, -0.15) is 0 Å². The van der Waals surface area contributed by atoms with Gasteiger partial charge in [0.05, 0.1) is 0 Å². The average Bonchev–Trinajstić information content (AvgIpc) is 3.06. The van der Waals surface area contributed by atoms with Crippen LogP contribution in [0.5, 0.6) is 0 Å². The van der Waals surface area contributed by atoms with Gasteiger partial charge in [0.25, 0.3) is 0 Å². The van der Waals surface area contributed by atoms with E-state index < -0.39 is 0 Å². The van der Waals surface area contributed by atoms with E-state index in [0.29, 0.717) is 12.0 Å². The summed E-state index contributed by atoms with van der Waals surface area (Å²) in [5, 5.41) is 9.41. The summed E-state index contributed by atoms with van der Waals surface area (Å²) in [5.41, 5.74) is 0.792. The molecule has 3 N–H and O–H groups in total. The molecule has 1 heterocycles. The van der Waals surface area contributed by atoms with E-state index >= 15 is 0 Å². The van der Waals surface area contributed by atoms with Gasteiger partial charge >= 0.3 is 0 Å². The summed E-state index contributed by atoms with van der Waals surface area (Å²) in [5.74, 6) is 0.582. The van der Waals surface area contributed by atoms with Crippen molar-refractivity contribution < 1.29 is 4.79 Å². The minimum Gasteiger partial charge on any atom is -0.357 e. The van der Waals surface area contributed by atoms with Crippen molar-refractivity contribution in [2.75, 3.05) is 38.0 Å². The molecule has 0 bridgehead atoms. The molecular formula is C18H30IN5O. The summed E-state index contributed by atoms with van der Waals surface area (Å²) in [6.07, 6.45) is 2.47. The van der Waals surface area contributed by atoms with E-state index in [4.69, 9.17) is 0 Å². The number of rotatable bonds is 7. The predicted molar refractivity (Wildman–Crippen MR) is 115 cm³/mol. The average molecular weight is 459 g/mol. The third-order valence-corrected chi connectivity index (χ3v) is 4.19. The Morgan fingerprint density at radius 1 is 1.24 bits per heavy atom. The van der Waals surface area contributed by atoms with E-state index in [-0.39, 0.29) is 36.4 Å². The van der Waals surface area contributed by atoms with E-state index in [1.54, 1.807) is 0 Å². The molecule has 25 heavy (non-hydrogen) atoms. The third kappa shape index (κ3) is 7.60. The topological polar surface area (TPSA) is 68.8 Å². The maximum Gasteiger partial charge on any atom is 0.246 e. The number of amides is 1. The van der Waals surface area contributed by atoms with Crippen molar-refractivity contribution in [3.05, 3.63) is 30.3 Å². The van der Waals surface area contributed by atoms with Crippen molar-refractivity contribution in [2.45, 2.75) is 32.7 Å². The molecule has 1 atom stereocenters. The fourth-order valence-electron chi connectivity index (χ4n) is 2.97. The highest BCUT2D eigenvalue weighted by molar-refractivity contribution is 14.0. The van der Waals surface area contributed by atoms with Crippen molar-refractivity contribution >= 4 is 41.5 Å². The van der Waals surface area contributed by atoms with Gasteiger partial charge in [-0.3, -0.25) is 9.69 Å². The number of hydrogen-bond donors (Lipinski definition) is 3. The Morgan fingerprint density at radius 2 is 2.00 bits per heavy atom. The SMILES string of the molecule is CCNC(=NCC(=O)Nc1ccccc1)NCC1CCCN1CC.I. The standard InChI is InChI=1S/C18H29N5O.HI/c1-3-19-18(20-13-16-11-8-12-23(16)4-2)21-14-17(24)22-15-9-6-5-7-10-15;/h5-7,9-10,16H,3-4,8,11-14H2,1-2H3,(H,22,24)(H2,19,20,21);1H. The van der Waals surface area contributed by atoms with Crippen molar-refractivity contribution in [1.82, 2.24) is 15.5 Å². The number of likely N-dealkylation sites (tertiary alicyclic amines) is 1. The van der Waals surface area contributed by atoms with Crippen LogP contribution in [0, 0.1) is 0 Å². The molecule has 1 aliphatic rings. The number of likely N-dealkylation sites (N-methyl/N-ethyl adjacent to an activating group) is 1. The molecule has 7 heteroatoms. The molecule has 1 amide bonds. The Bertz CT molecular complexity index is 538. The Hall–Kier alpha value is -1.35. The Kier molecular flexibility index (Phi) is 10.5. The molecule has 1 saturated heterocycles. The van der Waals surface area contributed by atoms with Gasteiger partial charge in [-0.25, -0.2) is 4.99 Å². The summed E-state index contributed by atoms with van der Waals surface area (Å²) < 4.78 is 0. The first-order chi connectivity index (χ1) is 11.7. The number of anilines is 1. The number of guanidine groups is 1. The second-order valence-electron chi connectivity index (χ2n) is 5.91. The maximum absolute atomic E-state index is 12.0. The lowest BCUT2D eigenvalue weighted by atomic mass is 10.2. The van der Waals surface area contributed by atoms with Crippen LogP contribution in [0.3, 0.4) is 0 Å². The highest BCUT2D eigenvalue weighted by Crippen LogP contribution is 2.15. The van der Waals surface area contributed by atoms with Gasteiger partial charge in [-0.05, 0) is 45.0 Å². The zero-order valence-electron chi connectivity index (χ0n) is 15.1. The van der Waals surface area contributed by atoms with Crippen LogP contribution in [0.1, 0.15) is 26.7 Å². The van der Waals surface area contributed by atoms with Crippen molar-refractivity contribution in [2.24, 2.45) is 4.99 Å². The number of carbonyl (C=O) groups excluding carboxylic acids is 1. The van der Waals surface area contributed by atoms with Crippen LogP contribution in [0.25, 0.3) is 0 Å². The molecule has 0 aliphatic carbocycles. The lowest BCUT2D eigenvalue weighted by Crippen LogP contribution is -2.45. The van der Waals surface area contributed by atoms with E-state index in [1.165, 1.54) is 19.4 Å². The number of nitrogens with one attached hydrogen (secondary N) is 3. The number of para-hydroxylation sites is 1. The Labute approximate surface area is 167 Å². The lowest BCUT2D eigenvalue weighted by Gasteiger charge is -2.23. The molecule has 1 aromatic rings. The fraction of sp³-hybridized carbons (Fsp3) is 0.556. The maximum atomic E-state index is 12.0. The summed E-state index contributed by atoms with van der Waals surface area (Å²) in [6, 6.07) is 9.99. The van der Waals surface area contributed by atoms with Crippen LogP contribution in [0.4, 0.5) is 5.69 Å². The molecule has 1 unspecified atom stereocenters. The summed E-state index contributed by atoms with van der Waals surface area (Å²) in [4.78, 5) is 18.9. The normalized spacial score (nSPS) is 17.7.